The lowest BCUT2D eigenvalue weighted by Crippen LogP contribution is -1.78. The summed E-state index contributed by atoms with van der Waals surface area (Å²) in [4.78, 5) is 9.44. The molecule has 0 aromatic heterocycles. The van der Waals surface area contributed by atoms with Crippen LogP contribution in [0, 0.1) is 0 Å². The van der Waals surface area contributed by atoms with Crippen molar-refractivity contribution in [2.45, 2.75) is 79.1 Å². The number of hydrogen-bond donors (Lipinski definition) is 0. The average Bonchev–Trinajstić information content (AvgIpc) is 2.21. The van der Waals surface area contributed by atoms with Gasteiger partial charge < -0.3 is 4.79 Å². The molecule has 0 aliphatic heterocycles. The maximum Gasteiger partial charge on any atom is 0.126 e. The molecule has 1 nitrogen and oxygen atoms in total. The van der Waals surface area contributed by atoms with E-state index < -0.39 is 0 Å². The van der Waals surface area contributed by atoms with Crippen molar-refractivity contribution in [3.63, 3.8) is 0 Å². The van der Waals surface area contributed by atoms with E-state index in [2.05, 4.69) is 26.0 Å². The van der Waals surface area contributed by atoms with E-state index in [-0.39, 0.29) is 5.78 Å². The normalized spacial score (nSPS) is 10.0. The Morgan fingerprint density at radius 3 is 1.81 bits per heavy atom. The van der Waals surface area contributed by atoms with Crippen LogP contribution in [0.25, 0.3) is 0 Å². The van der Waals surface area contributed by atoms with Crippen LogP contribution in [-0.4, -0.2) is 5.78 Å². The third-order valence-corrected chi connectivity index (χ3v) is 2.21. The summed E-state index contributed by atoms with van der Waals surface area (Å²) in [5, 5.41) is 0. The third-order valence-electron chi connectivity index (χ3n) is 2.21. The van der Waals surface area contributed by atoms with Gasteiger partial charge in [0, 0.05) is 0 Å². The summed E-state index contributed by atoms with van der Waals surface area (Å²) in [5.41, 5.74) is 0. The summed E-state index contributed by atoms with van der Waals surface area (Å²) in [7, 11) is 0. The lowest BCUT2D eigenvalue weighted by atomic mass is 10.1. The monoisotopic (exact) mass is 226 g/mol. The van der Waals surface area contributed by atoms with Crippen LogP contribution in [-0.2, 0) is 4.79 Å². The first-order valence-electron chi connectivity index (χ1n) is 6.73. The second-order valence-corrected chi connectivity index (χ2v) is 4.39. The molecule has 0 unspecified atom stereocenters. The van der Waals surface area contributed by atoms with Crippen LogP contribution in [0.1, 0.15) is 79.1 Å². The fraction of sp³-hybridized carbons (Fsp3) is 0.800. The minimum atomic E-state index is 0.167. The Kier molecular flexibility index (Phi) is 18.7. The molecule has 0 radical (unpaired) electrons. The summed E-state index contributed by atoms with van der Waals surface area (Å²) >= 11 is 0. The predicted octanol–water partition coefficient (Wildman–Crippen LogP) is 5.30. The Labute approximate surface area is 102 Å². The second-order valence-electron chi connectivity index (χ2n) is 4.39. The Morgan fingerprint density at radius 2 is 1.38 bits per heavy atom. The predicted molar refractivity (Wildman–Crippen MR) is 73.8 cm³/mol. The molecule has 0 amide bonds. The SMILES string of the molecule is C/C=C\CCCCCCCCC.CC(C)=O. The molecule has 0 saturated heterocycles. The molecule has 96 valence electrons. The molecular weight excluding hydrogens is 196 g/mol. The number of hydrogen-bond acceptors (Lipinski definition) is 1. The summed E-state index contributed by atoms with van der Waals surface area (Å²) in [6, 6.07) is 0. The van der Waals surface area contributed by atoms with Gasteiger partial charge in [0.05, 0.1) is 0 Å². The second kappa shape index (κ2) is 16.8. The van der Waals surface area contributed by atoms with Gasteiger partial charge in [0.25, 0.3) is 0 Å². The Morgan fingerprint density at radius 1 is 0.938 bits per heavy atom. The summed E-state index contributed by atoms with van der Waals surface area (Å²) in [6.07, 6.45) is 15.6. The molecular formula is C15H30O. The zero-order valence-electron chi connectivity index (χ0n) is 11.7. The lowest BCUT2D eigenvalue weighted by molar-refractivity contribution is -0.114. The molecule has 0 bridgehead atoms. The molecule has 0 spiro atoms. The summed E-state index contributed by atoms with van der Waals surface area (Å²) in [6.45, 7) is 7.42. The first-order chi connectivity index (χ1) is 7.65. The van der Waals surface area contributed by atoms with Crippen LogP contribution in [0.15, 0.2) is 12.2 Å². The molecule has 0 aliphatic rings. The van der Waals surface area contributed by atoms with Crippen LogP contribution in [0.3, 0.4) is 0 Å². The first kappa shape index (κ1) is 17.8. The van der Waals surface area contributed by atoms with E-state index in [1.54, 1.807) is 0 Å². The van der Waals surface area contributed by atoms with Gasteiger partial charge in [0.1, 0.15) is 5.78 Å². The van der Waals surface area contributed by atoms with Crippen LogP contribution in [0.2, 0.25) is 0 Å². The zero-order chi connectivity index (χ0) is 12.6. The number of ketones is 1. The van der Waals surface area contributed by atoms with Gasteiger partial charge in [0.15, 0.2) is 0 Å². The van der Waals surface area contributed by atoms with Gasteiger partial charge in [-0.15, -0.1) is 0 Å². The highest BCUT2D eigenvalue weighted by Crippen LogP contribution is 2.08. The fourth-order valence-corrected chi connectivity index (χ4v) is 1.39. The van der Waals surface area contributed by atoms with E-state index >= 15 is 0 Å². The number of rotatable bonds is 8. The van der Waals surface area contributed by atoms with E-state index in [1.807, 2.05) is 0 Å². The minimum absolute atomic E-state index is 0.167. The molecule has 0 aromatic rings. The van der Waals surface area contributed by atoms with Crippen molar-refractivity contribution in [2.24, 2.45) is 0 Å². The number of carbonyl (C=O) groups is 1. The Bertz CT molecular complexity index is 155. The molecule has 0 rings (SSSR count). The van der Waals surface area contributed by atoms with Crippen molar-refractivity contribution < 1.29 is 4.79 Å². The van der Waals surface area contributed by atoms with E-state index in [9.17, 15) is 4.79 Å². The number of allylic oxidation sites excluding steroid dienone is 2. The van der Waals surface area contributed by atoms with Gasteiger partial charge in [-0.1, -0.05) is 57.6 Å². The highest BCUT2D eigenvalue weighted by atomic mass is 16.1. The summed E-state index contributed by atoms with van der Waals surface area (Å²) < 4.78 is 0. The van der Waals surface area contributed by atoms with Crippen molar-refractivity contribution in [2.75, 3.05) is 0 Å². The van der Waals surface area contributed by atoms with Crippen LogP contribution >= 0.6 is 0 Å². The maximum atomic E-state index is 9.44. The molecule has 0 saturated carbocycles. The summed E-state index contributed by atoms with van der Waals surface area (Å²) in [5.74, 6) is 0.167. The van der Waals surface area contributed by atoms with Crippen molar-refractivity contribution in [3.8, 4) is 0 Å². The highest BCUT2D eigenvalue weighted by molar-refractivity contribution is 5.72. The average molecular weight is 226 g/mol. The molecule has 0 aromatic carbocycles. The zero-order valence-corrected chi connectivity index (χ0v) is 11.7. The molecule has 0 aliphatic carbocycles. The van der Waals surface area contributed by atoms with Crippen LogP contribution in [0.5, 0.6) is 0 Å². The van der Waals surface area contributed by atoms with Crippen molar-refractivity contribution in [1.29, 1.82) is 0 Å². The largest absolute Gasteiger partial charge is 0.300 e. The third kappa shape index (κ3) is 29.2. The number of Topliss-reactive ketones (excluding diaryl/α,β-unsaturated/α-hetero) is 1. The Balaban J connectivity index is 0. The van der Waals surface area contributed by atoms with Gasteiger partial charge in [-0.25, -0.2) is 0 Å². The lowest BCUT2D eigenvalue weighted by Gasteiger charge is -1.98. The number of carbonyl (C=O) groups excluding carboxylic acids is 1. The highest BCUT2D eigenvalue weighted by Gasteiger charge is 1.88. The molecule has 0 N–H and O–H groups in total. The molecule has 0 atom stereocenters. The van der Waals surface area contributed by atoms with Gasteiger partial charge in [-0.2, -0.15) is 0 Å². The van der Waals surface area contributed by atoms with Gasteiger partial charge in [-0.3, -0.25) is 0 Å². The van der Waals surface area contributed by atoms with Crippen LogP contribution in [0.4, 0.5) is 0 Å². The first-order valence-corrected chi connectivity index (χ1v) is 6.73. The Hall–Kier alpha value is -0.590. The van der Waals surface area contributed by atoms with Crippen molar-refractivity contribution in [3.05, 3.63) is 12.2 Å². The van der Waals surface area contributed by atoms with Gasteiger partial charge in [0.2, 0.25) is 0 Å². The topological polar surface area (TPSA) is 17.1 Å². The molecule has 16 heavy (non-hydrogen) atoms. The van der Waals surface area contributed by atoms with Crippen molar-refractivity contribution in [1.82, 2.24) is 0 Å². The van der Waals surface area contributed by atoms with E-state index in [4.69, 9.17) is 0 Å². The van der Waals surface area contributed by atoms with Crippen LogP contribution < -0.4 is 0 Å². The van der Waals surface area contributed by atoms with E-state index in [0.29, 0.717) is 0 Å². The van der Waals surface area contributed by atoms with E-state index in [0.717, 1.165) is 0 Å². The smallest absolute Gasteiger partial charge is 0.126 e. The minimum Gasteiger partial charge on any atom is -0.300 e. The van der Waals surface area contributed by atoms with Gasteiger partial charge in [-0.05, 0) is 33.6 Å². The quantitative estimate of drug-likeness (QED) is 0.405. The fourth-order valence-electron chi connectivity index (χ4n) is 1.39. The molecule has 1 heteroatoms. The maximum absolute atomic E-state index is 9.44. The van der Waals surface area contributed by atoms with Gasteiger partial charge >= 0.3 is 0 Å². The van der Waals surface area contributed by atoms with Crippen molar-refractivity contribution >= 4 is 5.78 Å². The standard InChI is InChI=1S/C12H24.C3H6O/c1-3-5-7-9-11-12-10-8-6-4-2;1-3(2)4/h3,5H,4,6-12H2,1-2H3;1-2H3/b5-3-;. The van der Waals surface area contributed by atoms with E-state index in [1.165, 1.54) is 65.2 Å². The number of unbranched alkanes of at least 4 members (excludes halogenated alkanes) is 7. The molecule has 0 heterocycles. The molecule has 0 fully saturated rings.